The van der Waals surface area contributed by atoms with Gasteiger partial charge in [-0.25, -0.2) is 9.18 Å². The minimum absolute atomic E-state index is 0.138. The lowest BCUT2D eigenvalue weighted by Crippen LogP contribution is -2.04. The van der Waals surface area contributed by atoms with Crippen molar-refractivity contribution in [1.29, 1.82) is 0 Å². The molecule has 0 fully saturated rings. The van der Waals surface area contributed by atoms with Gasteiger partial charge in [0.1, 0.15) is 17.3 Å². The molecule has 0 aliphatic heterocycles. The predicted molar refractivity (Wildman–Crippen MR) is 69.3 cm³/mol. The van der Waals surface area contributed by atoms with E-state index >= 15 is 0 Å². The first-order valence-electron chi connectivity index (χ1n) is 5.41. The Labute approximate surface area is 114 Å². The normalized spacial score (nSPS) is 10.1. The van der Waals surface area contributed by atoms with Crippen LogP contribution in [0.1, 0.15) is 10.4 Å². The highest BCUT2D eigenvalue weighted by Crippen LogP contribution is 2.25. The Kier molecular flexibility index (Phi) is 4.02. The van der Waals surface area contributed by atoms with Gasteiger partial charge in [0.05, 0.1) is 12.7 Å². The maximum atomic E-state index is 13.7. The van der Waals surface area contributed by atoms with Crippen LogP contribution in [-0.2, 0) is 4.74 Å². The molecular weight excluding hydrogens is 271 g/mol. The Bertz CT molecular complexity index is 613. The van der Waals surface area contributed by atoms with Crippen molar-refractivity contribution in [2.24, 2.45) is 0 Å². The zero-order valence-electron chi connectivity index (χ0n) is 10.0. The van der Waals surface area contributed by atoms with E-state index < -0.39 is 11.8 Å². The van der Waals surface area contributed by atoms with Crippen LogP contribution < -0.4 is 4.74 Å². The highest BCUT2D eigenvalue weighted by Gasteiger charge is 2.13. The van der Waals surface area contributed by atoms with E-state index in [9.17, 15) is 9.18 Å². The first-order valence-corrected chi connectivity index (χ1v) is 5.79. The molecule has 5 heteroatoms. The number of carbonyl (C=O) groups is 1. The van der Waals surface area contributed by atoms with E-state index in [0.29, 0.717) is 10.8 Å². The molecule has 0 atom stereocenters. The Hall–Kier alpha value is -2.07. The first-order chi connectivity index (χ1) is 9.10. The van der Waals surface area contributed by atoms with Crippen LogP contribution in [0.3, 0.4) is 0 Å². The summed E-state index contributed by atoms with van der Waals surface area (Å²) >= 11 is 5.81. The quantitative estimate of drug-likeness (QED) is 0.796. The summed E-state index contributed by atoms with van der Waals surface area (Å²) in [7, 11) is 1.19. The molecular formula is C14H10ClFO3. The molecule has 0 aromatic heterocycles. The summed E-state index contributed by atoms with van der Waals surface area (Å²) in [4.78, 5) is 11.2. The first kappa shape index (κ1) is 13.4. The van der Waals surface area contributed by atoms with Gasteiger partial charge in [0.15, 0.2) is 0 Å². The van der Waals surface area contributed by atoms with Crippen LogP contribution in [0.15, 0.2) is 42.5 Å². The summed E-state index contributed by atoms with van der Waals surface area (Å²) in [6, 6.07) is 10.6. The number of halogens is 2. The van der Waals surface area contributed by atoms with Crippen molar-refractivity contribution in [3.8, 4) is 11.5 Å². The van der Waals surface area contributed by atoms with Gasteiger partial charge >= 0.3 is 5.97 Å². The lowest BCUT2D eigenvalue weighted by molar-refractivity contribution is 0.0595. The second-order valence-electron chi connectivity index (χ2n) is 3.69. The van der Waals surface area contributed by atoms with Gasteiger partial charge in [-0.1, -0.05) is 17.7 Å². The van der Waals surface area contributed by atoms with Crippen LogP contribution in [0, 0.1) is 5.82 Å². The Morgan fingerprint density at radius 1 is 1.16 bits per heavy atom. The third kappa shape index (κ3) is 3.23. The molecule has 0 saturated carbocycles. The molecule has 19 heavy (non-hydrogen) atoms. The molecule has 0 saturated heterocycles. The van der Waals surface area contributed by atoms with Crippen LogP contribution >= 0.6 is 11.6 Å². The van der Waals surface area contributed by atoms with Crippen molar-refractivity contribution in [2.45, 2.75) is 0 Å². The van der Waals surface area contributed by atoms with Gasteiger partial charge in [-0.05, 0) is 30.3 Å². The van der Waals surface area contributed by atoms with Gasteiger partial charge < -0.3 is 9.47 Å². The maximum Gasteiger partial charge on any atom is 0.340 e. The fourth-order valence-electron chi connectivity index (χ4n) is 1.50. The summed E-state index contributed by atoms with van der Waals surface area (Å²) < 4.78 is 23.5. The lowest BCUT2D eigenvalue weighted by Gasteiger charge is -2.07. The summed E-state index contributed by atoms with van der Waals surface area (Å²) in [5, 5.41) is 0.518. The van der Waals surface area contributed by atoms with Gasteiger partial charge in [0, 0.05) is 11.1 Å². The van der Waals surface area contributed by atoms with Gasteiger partial charge in [0.25, 0.3) is 0 Å². The molecule has 0 bridgehead atoms. The Morgan fingerprint density at radius 2 is 1.89 bits per heavy atom. The lowest BCUT2D eigenvalue weighted by atomic mass is 10.2. The van der Waals surface area contributed by atoms with Crippen LogP contribution in [0.2, 0.25) is 5.02 Å². The van der Waals surface area contributed by atoms with Gasteiger partial charge in [-0.2, -0.15) is 0 Å². The van der Waals surface area contributed by atoms with Gasteiger partial charge in [-0.15, -0.1) is 0 Å². The number of esters is 1. The largest absolute Gasteiger partial charge is 0.465 e. The molecule has 2 aromatic carbocycles. The minimum Gasteiger partial charge on any atom is -0.465 e. The van der Waals surface area contributed by atoms with Crippen LogP contribution in [0.5, 0.6) is 11.5 Å². The molecule has 0 unspecified atom stereocenters. The monoisotopic (exact) mass is 280 g/mol. The van der Waals surface area contributed by atoms with E-state index in [4.69, 9.17) is 16.3 Å². The number of ether oxygens (including phenoxy) is 2. The van der Waals surface area contributed by atoms with Gasteiger partial charge in [0.2, 0.25) is 0 Å². The van der Waals surface area contributed by atoms with Gasteiger partial charge in [-0.3, -0.25) is 0 Å². The fraction of sp³-hybridized carbons (Fsp3) is 0.0714. The van der Waals surface area contributed by atoms with Crippen molar-refractivity contribution < 1.29 is 18.7 Å². The number of rotatable bonds is 3. The summed E-state index contributed by atoms with van der Waals surface area (Å²) in [6.45, 7) is 0. The maximum absolute atomic E-state index is 13.7. The molecule has 98 valence electrons. The molecule has 0 N–H and O–H groups in total. The average molecular weight is 281 g/mol. The zero-order chi connectivity index (χ0) is 13.8. The van der Waals surface area contributed by atoms with Crippen molar-refractivity contribution >= 4 is 17.6 Å². The number of carbonyl (C=O) groups excluding carboxylic acids is 1. The molecule has 0 radical (unpaired) electrons. The van der Waals surface area contributed by atoms with E-state index in [1.54, 1.807) is 24.3 Å². The van der Waals surface area contributed by atoms with Crippen molar-refractivity contribution in [1.82, 2.24) is 0 Å². The summed E-state index contributed by atoms with van der Waals surface area (Å²) in [6.07, 6.45) is 0. The standard InChI is InChI=1S/C14H10ClFO3/c1-18-14(17)12-6-5-11(8-13(12)16)19-10-4-2-3-9(15)7-10/h2-8H,1H3. The van der Waals surface area contributed by atoms with E-state index in [-0.39, 0.29) is 11.3 Å². The highest BCUT2D eigenvalue weighted by atomic mass is 35.5. The van der Waals surface area contributed by atoms with E-state index in [1.165, 1.54) is 19.2 Å². The zero-order valence-corrected chi connectivity index (χ0v) is 10.8. The minimum atomic E-state index is -0.730. The fourth-order valence-corrected chi connectivity index (χ4v) is 1.68. The number of methoxy groups -OCH3 is 1. The molecule has 0 aliphatic rings. The smallest absolute Gasteiger partial charge is 0.340 e. The molecule has 3 nitrogen and oxygen atoms in total. The molecule has 2 rings (SSSR count). The number of hydrogen-bond acceptors (Lipinski definition) is 3. The van der Waals surface area contributed by atoms with Crippen LogP contribution in [0.4, 0.5) is 4.39 Å². The second-order valence-corrected chi connectivity index (χ2v) is 4.13. The number of hydrogen-bond donors (Lipinski definition) is 0. The predicted octanol–water partition coefficient (Wildman–Crippen LogP) is 4.06. The van der Waals surface area contributed by atoms with Crippen molar-refractivity contribution in [3.63, 3.8) is 0 Å². The van der Waals surface area contributed by atoms with E-state index in [0.717, 1.165) is 6.07 Å². The van der Waals surface area contributed by atoms with Crippen molar-refractivity contribution in [3.05, 3.63) is 58.9 Å². The average Bonchev–Trinajstić information content (AvgIpc) is 2.38. The SMILES string of the molecule is COC(=O)c1ccc(Oc2cccc(Cl)c2)cc1F. The Morgan fingerprint density at radius 3 is 2.53 bits per heavy atom. The summed E-state index contributed by atoms with van der Waals surface area (Å²) in [5.74, 6) is -0.677. The summed E-state index contributed by atoms with van der Waals surface area (Å²) in [5.41, 5.74) is -0.138. The molecule has 0 aliphatic carbocycles. The third-order valence-electron chi connectivity index (χ3n) is 2.38. The second kappa shape index (κ2) is 5.71. The number of benzene rings is 2. The van der Waals surface area contributed by atoms with E-state index in [2.05, 4.69) is 4.74 Å². The topological polar surface area (TPSA) is 35.5 Å². The molecule has 0 amide bonds. The molecule has 0 heterocycles. The molecule has 0 spiro atoms. The Balaban J connectivity index is 2.23. The van der Waals surface area contributed by atoms with Crippen molar-refractivity contribution in [2.75, 3.05) is 7.11 Å². The third-order valence-corrected chi connectivity index (χ3v) is 2.61. The highest BCUT2D eigenvalue weighted by molar-refractivity contribution is 6.30. The van der Waals surface area contributed by atoms with Crippen LogP contribution in [-0.4, -0.2) is 13.1 Å². The molecule has 2 aromatic rings. The van der Waals surface area contributed by atoms with Crippen LogP contribution in [0.25, 0.3) is 0 Å². The van der Waals surface area contributed by atoms with E-state index in [1.807, 2.05) is 0 Å².